The lowest BCUT2D eigenvalue weighted by Crippen LogP contribution is -2.15. The smallest absolute Gasteiger partial charge is 0.271 e. The van der Waals surface area contributed by atoms with E-state index < -0.39 is 14.8 Å². The van der Waals surface area contributed by atoms with Gasteiger partial charge in [0, 0.05) is 24.9 Å². The second kappa shape index (κ2) is 9.05. The Bertz CT molecular complexity index is 1180. The Labute approximate surface area is 176 Å². The number of rotatable bonds is 8. The van der Waals surface area contributed by atoms with Gasteiger partial charge in [-0.05, 0) is 18.2 Å². The summed E-state index contributed by atoms with van der Waals surface area (Å²) in [6.07, 6.45) is 0. The van der Waals surface area contributed by atoms with Crippen LogP contribution in [0.15, 0.2) is 64.6 Å². The SMILES string of the molecule is Cn1c(CS(=O)(=O)c2ccccc2)nnc1SCC(=O)Nc1cccc([N+](=O)[O-])c1. The van der Waals surface area contributed by atoms with Crippen LogP contribution in [-0.2, 0) is 27.4 Å². The number of amides is 1. The minimum absolute atomic E-state index is 0.0277. The van der Waals surface area contributed by atoms with Crippen molar-refractivity contribution in [3.63, 3.8) is 0 Å². The number of nitrogens with one attached hydrogen (secondary N) is 1. The van der Waals surface area contributed by atoms with Gasteiger partial charge >= 0.3 is 0 Å². The van der Waals surface area contributed by atoms with E-state index in [1.165, 1.54) is 34.9 Å². The Balaban J connectivity index is 1.62. The minimum Gasteiger partial charge on any atom is -0.325 e. The first-order chi connectivity index (χ1) is 14.3. The van der Waals surface area contributed by atoms with Crippen LogP contribution >= 0.6 is 11.8 Å². The van der Waals surface area contributed by atoms with Crippen LogP contribution in [0.2, 0.25) is 0 Å². The van der Waals surface area contributed by atoms with Crippen LogP contribution in [0.5, 0.6) is 0 Å². The number of nitrogens with zero attached hydrogens (tertiary/aromatic N) is 4. The third kappa shape index (κ3) is 5.21. The average molecular weight is 447 g/mol. The summed E-state index contributed by atoms with van der Waals surface area (Å²) in [6, 6.07) is 13.7. The molecule has 0 saturated heterocycles. The van der Waals surface area contributed by atoms with E-state index in [-0.39, 0.29) is 33.8 Å². The van der Waals surface area contributed by atoms with Gasteiger partial charge in [0.05, 0.1) is 15.6 Å². The van der Waals surface area contributed by atoms with Gasteiger partial charge in [0.25, 0.3) is 5.69 Å². The molecule has 1 amide bonds. The molecule has 0 radical (unpaired) electrons. The Morgan fingerprint density at radius 2 is 1.90 bits per heavy atom. The lowest BCUT2D eigenvalue weighted by Gasteiger charge is -2.06. The van der Waals surface area contributed by atoms with Gasteiger partial charge in [-0.15, -0.1) is 10.2 Å². The lowest BCUT2D eigenvalue weighted by molar-refractivity contribution is -0.384. The standard InChI is InChI=1S/C18H17N5O5S2/c1-22-16(12-30(27,28)15-8-3-2-4-9-15)20-21-18(22)29-11-17(24)19-13-6-5-7-14(10-13)23(25)26/h2-10H,11-12H2,1H3,(H,19,24). The monoisotopic (exact) mass is 447 g/mol. The lowest BCUT2D eigenvalue weighted by atomic mass is 10.3. The van der Waals surface area contributed by atoms with E-state index in [0.29, 0.717) is 10.8 Å². The average Bonchev–Trinajstić information content (AvgIpc) is 3.06. The van der Waals surface area contributed by atoms with Crippen LogP contribution in [0.25, 0.3) is 0 Å². The van der Waals surface area contributed by atoms with Gasteiger partial charge in [0.2, 0.25) is 5.91 Å². The van der Waals surface area contributed by atoms with Crippen LogP contribution in [0.3, 0.4) is 0 Å². The first-order valence-electron chi connectivity index (χ1n) is 8.59. The van der Waals surface area contributed by atoms with E-state index in [1.807, 2.05) is 0 Å². The van der Waals surface area contributed by atoms with E-state index >= 15 is 0 Å². The van der Waals surface area contributed by atoms with Crippen molar-refractivity contribution in [1.29, 1.82) is 0 Å². The fourth-order valence-corrected chi connectivity index (χ4v) is 4.56. The van der Waals surface area contributed by atoms with Crippen molar-refractivity contribution in [3.05, 3.63) is 70.5 Å². The third-order valence-corrected chi connectivity index (χ3v) is 6.67. The molecule has 1 aromatic heterocycles. The fraction of sp³-hybridized carbons (Fsp3) is 0.167. The highest BCUT2D eigenvalue weighted by Crippen LogP contribution is 2.21. The Morgan fingerprint density at radius 1 is 1.17 bits per heavy atom. The van der Waals surface area contributed by atoms with Crippen molar-refractivity contribution in [2.45, 2.75) is 15.8 Å². The Hall–Kier alpha value is -3.25. The maximum absolute atomic E-state index is 12.5. The number of nitro benzene ring substituents is 1. The van der Waals surface area contributed by atoms with E-state index in [1.54, 1.807) is 31.3 Å². The maximum atomic E-state index is 12.5. The molecule has 1 N–H and O–H groups in total. The third-order valence-electron chi connectivity index (χ3n) is 4.02. The number of thioether (sulfide) groups is 1. The van der Waals surface area contributed by atoms with Crippen LogP contribution in [0, 0.1) is 10.1 Å². The first-order valence-corrected chi connectivity index (χ1v) is 11.2. The largest absolute Gasteiger partial charge is 0.325 e. The number of benzene rings is 2. The zero-order chi connectivity index (χ0) is 21.7. The molecule has 12 heteroatoms. The summed E-state index contributed by atoms with van der Waals surface area (Å²) in [4.78, 5) is 22.6. The molecule has 0 aliphatic carbocycles. The topological polar surface area (TPSA) is 137 Å². The van der Waals surface area contributed by atoms with Gasteiger partial charge in [0.1, 0.15) is 11.6 Å². The molecule has 30 heavy (non-hydrogen) atoms. The van der Waals surface area contributed by atoms with Gasteiger partial charge in [-0.1, -0.05) is 36.0 Å². The van der Waals surface area contributed by atoms with Crippen molar-refractivity contribution in [1.82, 2.24) is 14.8 Å². The van der Waals surface area contributed by atoms with Gasteiger partial charge in [-0.25, -0.2) is 8.42 Å². The molecule has 156 valence electrons. The molecule has 1 heterocycles. The number of nitro groups is 1. The predicted molar refractivity (Wildman–Crippen MR) is 111 cm³/mol. The highest BCUT2D eigenvalue weighted by Gasteiger charge is 2.20. The normalized spacial score (nSPS) is 11.2. The van der Waals surface area contributed by atoms with Gasteiger partial charge in [0.15, 0.2) is 15.0 Å². The minimum atomic E-state index is -3.57. The summed E-state index contributed by atoms with van der Waals surface area (Å²) in [5.74, 6) is -0.483. The molecule has 0 saturated carbocycles. The highest BCUT2D eigenvalue weighted by molar-refractivity contribution is 7.99. The van der Waals surface area contributed by atoms with Gasteiger partial charge in [-0.2, -0.15) is 0 Å². The first kappa shape index (κ1) is 21.5. The molecule has 3 aromatic rings. The number of sulfone groups is 1. The highest BCUT2D eigenvalue weighted by atomic mass is 32.2. The molecule has 0 unspecified atom stereocenters. The number of hydrogen-bond donors (Lipinski definition) is 1. The molecule has 0 bridgehead atoms. The van der Waals surface area contributed by atoms with Crippen LogP contribution in [-0.4, -0.2) is 39.8 Å². The van der Waals surface area contributed by atoms with Crippen molar-refractivity contribution in [3.8, 4) is 0 Å². The molecule has 10 nitrogen and oxygen atoms in total. The molecule has 0 atom stereocenters. The zero-order valence-corrected chi connectivity index (χ0v) is 17.4. The van der Waals surface area contributed by atoms with Crippen molar-refractivity contribution >= 4 is 38.9 Å². The van der Waals surface area contributed by atoms with Gasteiger partial charge in [-0.3, -0.25) is 14.9 Å². The van der Waals surface area contributed by atoms with E-state index in [4.69, 9.17) is 0 Å². The summed E-state index contributed by atoms with van der Waals surface area (Å²) in [5.41, 5.74) is 0.181. The number of aromatic nitrogens is 3. The molecule has 0 spiro atoms. The second-order valence-corrected chi connectivity index (χ2v) is 9.11. The van der Waals surface area contributed by atoms with Crippen LogP contribution in [0.4, 0.5) is 11.4 Å². The Kier molecular flexibility index (Phi) is 6.47. The predicted octanol–water partition coefficient (Wildman–Crippen LogP) is 2.43. The molecule has 3 rings (SSSR count). The zero-order valence-electron chi connectivity index (χ0n) is 15.8. The number of carbonyl (C=O) groups is 1. The molecular formula is C18H17N5O5S2. The summed E-state index contributed by atoms with van der Waals surface area (Å²) in [7, 11) is -1.95. The van der Waals surface area contributed by atoms with E-state index in [0.717, 1.165) is 11.8 Å². The van der Waals surface area contributed by atoms with E-state index in [9.17, 15) is 23.3 Å². The number of non-ortho nitro benzene ring substituents is 1. The molecular weight excluding hydrogens is 430 g/mol. The fourth-order valence-electron chi connectivity index (χ4n) is 2.50. The number of carbonyl (C=O) groups excluding carboxylic acids is 1. The number of hydrogen-bond acceptors (Lipinski definition) is 8. The van der Waals surface area contributed by atoms with Crippen molar-refractivity contribution in [2.75, 3.05) is 11.1 Å². The second-order valence-electron chi connectivity index (χ2n) is 6.17. The van der Waals surface area contributed by atoms with E-state index in [2.05, 4.69) is 15.5 Å². The van der Waals surface area contributed by atoms with Crippen LogP contribution < -0.4 is 5.32 Å². The quantitative estimate of drug-likeness (QED) is 0.316. The summed E-state index contributed by atoms with van der Waals surface area (Å²) in [5, 5.41) is 21.6. The molecule has 0 fully saturated rings. The molecule has 2 aromatic carbocycles. The summed E-state index contributed by atoms with van der Waals surface area (Å²) >= 11 is 1.08. The molecule has 0 aliphatic rings. The Morgan fingerprint density at radius 3 is 2.60 bits per heavy atom. The van der Waals surface area contributed by atoms with Crippen molar-refractivity contribution in [2.24, 2.45) is 7.05 Å². The summed E-state index contributed by atoms with van der Waals surface area (Å²) < 4.78 is 26.5. The van der Waals surface area contributed by atoms with Gasteiger partial charge < -0.3 is 9.88 Å². The van der Waals surface area contributed by atoms with Crippen molar-refractivity contribution < 1.29 is 18.1 Å². The molecule has 0 aliphatic heterocycles. The van der Waals surface area contributed by atoms with Crippen LogP contribution in [0.1, 0.15) is 5.82 Å². The summed E-state index contributed by atoms with van der Waals surface area (Å²) in [6.45, 7) is 0. The maximum Gasteiger partial charge on any atom is 0.271 e. The number of anilines is 1.